The van der Waals surface area contributed by atoms with E-state index in [2.05, 4.69) is 24.1 Å². The predicted octanol–water partition coefficient (Wildman–Crippen LogP) is 2.20. The highest BCUT2D eigenvalue weighted by molar-refractivity contribution is 5.85. The van der Waals surface area contributed by atoms with Crippen LogP contribution in [0.3, 0.4) is 0 Å². The number of carbonyl (C=O) groups is 1. The molecule has 0 heterocycles. The molecule has 4 heteroatoms. The summed E-state index contributed by atoms with van der Waals surface area (Å²) in [5, 5.41) is 3.29. The van der Waals surface area contributed by atoms with Gasteiger partial charge in [-0.05, 0) is 58.4 Å². The van der Waals surface area contributed by atoms with E-state index in [4.69, 9.17) is 0 Å². The summed E-state index contributed by atoms with van der Waals surface area (Å²) in [7, 11) is 0. The number of nitrogens with one attached hydrogen (secondary N) is 1. The summed E-state index contributed by atoms with van der Waals surface area (Å²) in [6.07, 6.45) is 6.38. The second-order valence-corrected chi connectivity index (χ2v) is 5.55. The Morgan fingerprint density at radius 3 is 2.35 bits per heavy atom. The fourth-order valence-electron chi connectivity index (χ4n) is 2.37. The first-order valence-electron chi connectivity index (χ1n) is 6.70. The summed E-state index contributed by atoms with van der Waals surface area (Å²) in [6.45, 7) is 5.81. The molecule has 2 aliphatic carbocycles. The van der Waals surface area contributed by atoms with Crippen molar-refractivity contribution >= 4 is 18.3 Å². The average Bonchev–Trinajstić information content (AvgIpc) is 2.93. The summed E-state index contributed by atoms with van der Waals surface area (Å²) >= 11 is 0. The Morgan fingerprint density at radius 2 is 1.94 bits per heavy atom. The molecular weight excluding hydrogens is 236 g/mol. The summed E-state index contributed by atoms with van der Waals surface area (Å²) in [4.78, 5) is 14.2. The molecule has 0 aromatic rings. The quantitative estimate of drug-likeness (QED) is 0.794. The topological polar surface area (TPSA) is 32.3 Å². The van der Waals surface area contributed by atoms with E-state index in [9.17, 15) is 4.79 Å². The third kappa shape index (κ3) is 4.14. The lowest BCUT2D eigenvalue weighted by atomic mass is 9.90. The van der Waals surface area contributed by atoms with Crippen molar-refractivity contribution in [2.45, 2.75) is 58.0 Å². The van der Waals surface area contributed by atoms with Gasteiger partial charge in [-0.2, -0.15) is 0 Å². The first-order valence-corrected chi connectivity index (χ1v) is 6.70. The van der Waals surface area contributed by atoms with Crippen molar-refractivity contribution in [3.63, 3.8) is 0 Å². The third-order valence-corrected chi connectivity index (χ3v) is 3.72. The maximum Gasteiger partial charge on any atom is 0.237 e. The second-order valence-electron chi connectivity index (χ2n) is 5.55. The molecule has 1 amide bonds. The fraction of sp³-hybridized carbons (Fsp3) is 0.923. The Bertz CT molecular complexity index is 250. The largest absolute Gasteiger partial charge is 0.336 e. The molecule has 0 atom stereocenters. The van der Waals surface area contributed by atoms with Crippen molar-refractivity contribution in [1.29, 1.82) is 0 Å². The molecular formula is C13H25ClN2O. The van der Waals surface area contributed by atoms with E-state index in [1.165, 1.54) is 32.1 Å². The van der Waals surface area contributed by atoms with Gasteiger partial charge in [-0.1, -0.05) is 0 Å². The zero-order chi connectivity index (χ0) is 11.5. The number of hydrogen-bond acceptors (Lipinski definition) is 2. The molecule has 0 bridgehead atoms. The first-order chi connectivity index (χ1) is 7.68. The minimum atomic E-state index is 0. The Hall–Kier alpha value is -0.280. The van der Waals surface area contributed by atoms with E-state index in [-0.39, 0.29) is 12.4 Å². The molecule has 2 aliphatic rings. The van der Waals surface area contributed by atoms with Gasteiger partial charge in [0.05, 0.1) is 6.54 Å². The molecule has 2 fully saturated rings. The smallest absolute Gasteiger partial charge is 0.237 e. The van der Waals surface area contributed by atoms with Gasteiger partial charge in [-0.25, -0.2) is 0 Å². The number of amides is 1. The van der Waals surface area contributed by atoms with Crippen molar-refractivity contribution < 1.29 is 4.79 Å². The Kier molecular flexibility index (Phi) is 5.74. The van der Waals surface area contributed by atoms with Gasteiger partial charge >= 0.3 is 0 Å². The minimum Gasteiger partial charge on any atom is -0.336 e. The number of halogens is 1. The third-order valence-electron chi connectivity index (χ3n) is 3.72. The molecule has 0 aliphatic heterocycles. The molecule has 0 unspecified atom stereocenters. The molecule has 0 radical (unpaired) electrons. The molecule has 17 heavy (non-hydrogen) atoms. The van der Waals surface area contributed by atoms with Gasteiger partial charge in [-0.3, -0.25) is 4.79 Å². The van der Waals surface area contributed by atoms with E-state index in [1.54, 1.807) is 0 Å². The Balaban J connectivity index is 0.00000144. The Morgan fingerprint density at radius 1 is 1.29 bits per heavy atom. The van der Waals surface area contributed by atoms with E-state index in [0.717, 1.165) is 12.5 Å². The summed E-state index contributed by atoms with van der Waals surface area (Å²) < 4.78 is 0. The van der Waals surface area contributed by atoms with Crippen LogP contribution in [0, 0.1) is 5.92 Å². The summed E-state index contributed by atoms with van der Waals surface area (Å²) in [5.41, 5.74) is 0. The van der Waals surface area contributed by atoms with Gasteiger partial charge in [0.1, 0.15) is 0 Å². The number of hydrogen-bond donors (Lipinski definition) is 1. The fourth-order valence-corrected chi connectivity index (χ4v) is 2.37. The van der Waals surface area contributed by atoms with Gasteiger partial charge in [0.15, 0.2) is 0 Å². The number of rotatable bonds is 6. The number of nitrogens with zero attached hydrogens (tertiary/aromatic N) is 1. The van der Waals surface area contributed by atoms with E-state index < -0.39 is 0 Å². The van der Waals surface area contributed by atoms with E-state index in [0.29, 0.717) is 24.5 Å². The van der Waals surface area contributed by atoms with Gasteiger partial charge in [0, 0.05) is 12.1 Å². The molecule has 0 aromatic carbocycles. The molecule has 100 valence electrons. The van der Waals surface area contributed by atoms with Crippen LogP contribution in [0.25, 0.3) is 0 Å². The van der Waals surface area contributed by atoms with Crippen molar-refractivity contribution in [2.24, 2.45) is 5.92 Å². The monoisotopic (exact) mass is 260 g/mol. The lowest BCUT2D eigenvalue weighted by Gasteiger charge is -2.40. The molecule has 1 N–H and O–H groups in total. The highest BCUT2D eigenvalue weighted by Crippen LogP contribution is 2.28. The molecule has 2 saturated carbocycles. The average molecular weight is 261 g/mol. The lowest BCUT2D eigenvalue weighted by molar-refractivity contribution is -0.136. The normalized spacial score (nSPS) is 19.7. The second kappa shape index (κ2) is 6.60. The van der Waals surface area contributed by atoms with Crippen LogP contribution in [0.2, 0.25) is 0 Å². The molecule has 2 rings (SSSR count). The molecule has 0 spiro atoms. The Labute approximate surface area is 111 Å². The standard InChI is InChI=1S/C13H24N2O.ClH/c1-10(2)15(12-4-3-5-12)13(16)9-14-8-11-6-7-11;/h10-12,14H,3-9H2,1-2H3;1H. The maximum absolute atomic E-state index is 12.1. The van der Waals surface area contributed by atoms with Gasteiger partial charge < -0.3 is 10.2 Å². The summed E-state index contributed by atoms with van der Waals surface area (Å²) in [6, 6.07) is 0.871. The van der Waals surface area contributed by atoms with Crippen LogP contribution >= 0.6 is 12.4 Å². The van der Waals surface area contributed by atoms with Crippen molar-refractivity contribution in [3.8, 4) is 0 Å². The zero-order valence-electron chi connectivity index (χ0n) is 10.9. The predicted molar refractivity (Wildman–Crippen MR) is 72.5 cm³/mol. The van der Waals surface area contributed by atoms with Crippen LogP contribution in [0.1, 0.15) is 46.0 Å². The van der Waals surface area contributed by atoms with Crippen LogP contribution in [0.5, 0.6) is 0 Å². The lowest BCUT2D eigenvalue weighted by Crippen LogP contribution is -2.51. The first kappa shape index (κ1) is 14.8. The van der Waals surface area contributed by atoms with Crippen molar-refractivity contribution in [3.05, 3.63) is 0 Å². The SMILES string of the molecule is CC(C)N(C(=O)CNCC1CC1)C1CCC1.Cl. The highest BCUT2D eigenvalue weighted by Gasteiger charge is 2.30. The van der Waals surface area contributed by atoms with E-state index >= 15 is 0 Å². The molecule has 3 nitrogen and oxygen atoms in total. The molecule has 0 aromatic heterocycles. The minimum absolute atomic E-state index is 0. The van der Waals surface area contributed by atoms with Crippen LogP contribution in [0.4, 0.5) is 0 Å². The maximum atomic E-state index is 12.1. The summed E-state index contributed by atoms with van der Waals surface area (Å²) in [5.74, 6) is 1.14. The van der Waals surface area contributed by atoms with Crippen LogP contribution in [-0.2, 0) is 4.79 Å². The zero-order valence-corrected chi connectivity index (χ0v) is 11.8. The van der Waals surface area contributed by atoms with Crippen LogP contribution < -0.4 is 5.32 Å². The van der Waals surface area contributed by atoms with Crippen molar-refractivity contribution in [2.75, 3.05) is 13.1 Å². The van der Waals surface area contributed by atoms with Gasteiger partial charge in [-0.15, -0.1) is 12.4 Å². The number of carbonyl (C=O) groups excluding carboxylic acids is 1. The van der Waals surface area contributed by atoms with Gasteiger partial charge in [0.25, 0.3) is 0 Å². The van der Waals surface area contributed by atoms with Crippen molar-refractivity contribution in [1.82, 2.24) is 10.2 Å². The highest BCUT2D eigenvalue weighted by atomic mass is 35.5. The van der Waals surface area contributed by atoms with Crippen LogP contribution in [-0.4, -0.2) is 36.0 Å². The van der Waals surface area contributed by atoms with Crippen LogP contribution in [0.15, 0.2) is 0 Å². The molecule has 0 saturated heterocycles. The van der Waals surface area contributed by atoms with E-state index in [1.807, 2.05) is 0 Å². The van der Waals surface area contributed by atoms with Gasteiger partial charge in [0.2, 0.25) is 5.91 Å².